The molecule has 3 nitrogen and oxygen atoms in total. The van der Waals surface area contributed by atoms with Gasteiger partial charge in [-0.05, 0) is 43.7 Å². The van der Waals surface area contributed by atoms with Crippen molar-refractivity contribution in [1.29, 1.82) is 0 Å². The zero-order valence-electron chi connectivity index (χ0n) is 10.0. The number of ketones is 1. The zero-order valence-corrected chi connectivity index (χ0v) is 10.0. The third-order valence-corrected chi connectivity index (χ3v) is 4.04. The summed E-state index contributed by atoms with van der Waals surface area (Å²) in [6, 6.07) is 5.07. The van der Waals surface area contributed by atoms with Gasteiger partial charge in [0.15, 0.2) is 0 Å². The van der Waals surface area contributed by atoms with Crippen molar-refractivity contribution in [2.24, 2.45) is 5.92 Å². The molecule has 0 saturated carbocycles. The van der Waals surface area contributed by atoms with Crippen LogP contribution in [0.4, 0.5) is 0 Å². The molecule has 0 radical (unpaired) electrons. The Labute approximate surface area is 102 Å². The van der Waals surface area contributed by atoms with Crippen LogP contribution in [0, 0.1) is 5.92 Å². The van der Waals surface area contributed by atoms with E-state index in [4.69, 9.17) is 4.42 Å². The van der Waals surface area contributed by atoms with Gasteiger partial charge < -0.3 is 9.73 Å². The molecular weight excluding hydrogens is 214 g/mol. The van der Waals surface area contributed by atoms with Crippen LogP contribution in [-0.2, 0) is 11.2 Å². The van der Waals surface area contributed by atoms with Crippen LogP contribution in [0.5, 0.6) is 0 Å². The van der Waals surface area contributed by atoms with E-state index in [9.17, 15) is 4.79 Å². The monoisotopic (exact) mass is 233 g/mol. The summed E-state index contributed by atoms with van der Waals surface area (Å²) in [5, 5.41) is 3.61. The van der Waals surface area contributed by atoms with Gasteiger partial charge in [0.2, 0.25) is 0 Å². The molecule has 2 aliphatic rings. The number of rotatable bonds is 4. The number of carbonyl (C=O) groups is 1. The first-order valence-electron chi connectivity index (χ1n) is 6.60. The summed E-state index contributed by atoms with van der Waals surface area (Å²) in [4.78, 5) is 11.9. The topological polar surface area (TPSA) is 42.2 Å². The summed E-state index contributed by atoms with van der Waals surface area (Å²) in [5.41, 5.74) is 0. The van der Waals surface area contributed by atoms with Gasteiger partial charge in [-0.15, -0.1) is 0 Å². The molecule has 0 aromatic carbocycles. The Morgan fingerprint density at radius 1 is 1.35 bits per heavy atom. The molecule has 2 unspecified atom stereocenters. The Morgan fingerprint density at radius 3 is 2.76 bits per heavy atom. The third-order valence-electron chi connectivity index (χ3n) is 4.04. The Hall–Kier alpha value is -1.09. The number of hydrogen-bond acceptors (Lipinski definition) is 3. The van der Waals surface area contributed by atoms with Gasteiger partial charge in [0.25, 0.3) is 0 Å². The van der Waals surface area contributed by atoms with E-state index in [0.717, 1.165) is 12.2 Å². The maximum absolute atomic E-state index is 11.9. The first-order chi connectivity index (χ1) is 8.29. The van der Waals surface area contributed by atoms with Gasteiger partial charge in [0, 0.05) is 18.5 Å². The van der Waals surface area contributed by atoms with Crippen LogP contribution in [0.3, 0.4) is 0 Å². The summed E-state index contributed by atoms with van der Waals surface area (Å²) in [7, 11) is 0. The lowest BCUT2D eigenvalue weighted by Gasteiger charge is -2.28. The molecule has 17 heavy (non-hydrogen) atoms. The van der Waals surface area contributed by atoms with Crippen molar-refractivity contribution < 1.29 is 9.21 Å². The smallest absolute Gasteiger partial charge is 0.140 e. The standard InChI is InChI=1S/C14H19NO2/c16-13(9-14-2-1-5-17-14)8-10-6-11-3-4-12(7-10)15-11/h1-2,5,10-12,15H,3-4,6-9H2. The van der Waals surface area contributed by atoms with Gasteiger partial charge in [-0.3, -0.25) is 4.79 Å². The van der Waals surface area contributed by atoms with E-state index < -0.39 is 0 Å². The molecule has 0 aliphatic carbocycles. The lowest BCUT2D eigenvalue weighted by molar-refractivity contribution is -0.119. The van der Waals surface area contributed by atoms with Crippen LogP contribution in [0.2, 0.25) is 0 Å². The van der Waals surface area contributed by atoms with Crippen LogP contribution >= 0.6 is 0 Å². The number of piperidine rings is 1. The maximum Gasteiger partial charge on any atom is 0.140 e. The maximum atomic E-state index is 11.9. The van der Waals surface area contributed by atoms with E-state index >= 15 is 0 Å². The fraction of sp³-hybridized carbons (Fsp3) is 0.643. The quantitative estimate of drug-likeness (QED) is 0.867. The zero-order chi connectivity index (χ0) is 11.7. The van der Waals surface area contributed by atoms with Gasteiger partial charge in [-0.1, -0.05) is 0 Å². The van der Waals surface area contributed by atoms with Gasteiger partial charge in [-0.2, -0.15) is 0 Å². The summed E-state index contributed by atoms with van der Waals surface area (Å²) in [6.07, 6.45) is 7.79. The number of carbonyl (C=O) groups excluding carboxylic acids is 1. The minimum absolute atomic E-state index is 0.325. The SMILES string of the molecule is O=C(Cc1ccco1)CC1CC2CCC(C1)N2. The highest BCUT2D eigenvalue weighted by atomic mass is 16.3. The highest BCUT2D eigenvalue weighted by molar-refractivity contribution is 5.80. The van der Waals surface area contributed by atoms with Crippen LogP contribution < -0.4 is 5.32 Å². The van der Waals surface area contributed by atoms with Crippen molar-refractivity contribution in [3.63, 3.8) is 0 Å². The molecule has 3 heterocycles. The van der Waals surface area contributed by atoms with Crippen molar-refractivity contribution in [2.45, 2.75) is 50.6 Å². The van der Waals surface area contributed by atoms with Crippen molar-refractivity contribution in [2.75, 3.05) is 0 Å². The van der Waals surface area contributed by atoms with Crippen molar-refractivity contribution >= 4 is 5.78 Å². The molecule has 2 fully saturated rings. The molecule has 1 aromatic rings. The van der Waals surface area contributed by atoms with Crippen molar-refractivity contribution in [1.82, 2.24) is 5.32 Å². The first kappa shape index (κ1) is 11.0. The van der Waals surface area contributed by atoms with E-state index in [0.29, 0.717) is 30.2 Å². The Balaban J connectivity index is 1.51. The molecular formula is C14H19NO2. The molecule has 1 aromatic heterocycles. The second kappa shape index (κ2) is 4.65. The highest BCUT2D eigenvalue weighted by Crippen LogP contribution is 2.32. The predicted octanol–water partition coefficient (Wildman–Crippen LogP) is 2.31. The van der Waals surface area contributed by atoms with E-state index in [-0.39, 0.29) is 0 Å². The second-order valence-corrected chi connectivity index (χ2v) is 5.47. The summed E-state index contributed by atoms with van der Waals surface area (Å²) in [6.45, 7) is 0. The van der Waals surface area contributed by atoms with E-state index in [2.05, 4.69) is 5.32 Å². The Bertz CT molecular complexity index is 373. The first-order valence-corrected chi connectivity index (χ1v) is 6.60. The minimum atomic E-state index is 0.325. The van der Waals surface area contributed by atoms with E-state index in [1.54, 1.807) is 6.26 Å². The average molecular weight is 233 g/mol. The molecule has 2 aliphatic heterocycles. The summed E-state index contributed by atoms with van der Waals surface area (Å²) < 4.78 is 5.21. The van der Waals surface area contributed by atoms with Gasteiger partial charge in [0.1, 0.15) is 11.5 Å². The molecule has 0 amide bonds. The summed E-state index contributed by atoms with van der Waals surface area (Å²) >= 11 is 0. The van der Waals surface area contributed by atoms with Gasteiger partial charge in [-0.25, -0.2) is 0 Å². The molecule has 2 bridgehead atoms. The van der Waals surface area contributed by atoms with Gasteiger partial charge >= 0.3 is 0 Å². The van der Waals surface area contributed by atoms with Crippen LogP contribution in [0.25, 0.3) is 0 Å². The van der Waals surface area contributed by atoms with Gasteiger partial charge in [0.05, 0.1) is 12.7 Å². The lowest BCUT2D eigenvalue weighted by Crippen LogP contribution is -2.38. The fourth-order valence-corrected chi connectivity index (χ4v) is 3.34. The van der Waals surface area contributed by atoms with Crippen molar-refractivity contribution in [3.8, 4) is 0 Å². The molecule has 2 atom stereocenters. The molecule has 2 saturated heterocycles. The third kappa shape index (κ3) is 2.60. The number of fused-ring (bicyclic) bond motifs is 2. The Morgan fingerprint density at radius 2 is 2.12 bits per heavy atom. The van der Waals surface area contributed by atoms with Crippen LogP contribution in [-0.4, -0.2) is 17.9 Å². The molecule has 0 spiro atoms. The van der Waals surface area contributed by atoms with Crippen LogP contribution in [0.15, 0.2) is 22.8 Å². The normalized spacial score (nSPS) is 31.6. The largest absolute Gasteiger partial charge is 0.469 e. The molecule has 3 rings (SSSR count). The highest BCUT2D eigenvalue weighted by Gasteiger charge is 2.34. The number of nitrogens with one attached hydrogen (secondary N) is 1. The molecule has 3 heteroatoms. The average Bonchev–Trinajstić information content (AvgIpc) is 2.89. The predicted molar refractivity (Wildman–Crippen MR) is 64.7 cm³/mol. The molecule has 92 valence electrons. The molecule has 1 N–H and O–H groups in total. The van der Waals surface area contributed by atoms with E-state index in [1.165, 1.54) is 25.7 Å². The fourth-order valence-electron chi connectivity index (χ4n) is 3.34. The second-order valence-electron chi connectivity index (χ2n) is 5.47. The van der Waals surface area contributed by atoms with Crippen molar-refractivity contribution in [3.05, 3.63) is 24.2 Å². The number of Topliss-reactive ketones (excluding diaryl/α,β-unsaturated/α-hetero) is 1. The summed E-state index contributed by atoms with van der Waals surface area (Å²) in [5.74, 6) is 1.72. The lowest BCUT2D eigenvalue weighted by atomic mass is 9.87. The Kier molecular flexibility index (Phi) is 3.02. The van der Waals surface area contributed by atoms with E-state index in [1.807, 2.05) is 12.1 Å². The number of furan rings is 1. The number of hydrogen-bond donors (Lipinski definition) is 1. The minimum Gasteiger partial charge on any atom is -0.469 e. The van der Waals surface area contributed by atoms with Crippen LogP contribution in [0.1, 0.15) is 37.9 Å².